The quantitative estimate of drug-likeness (QED) is 0.491. The van der Waals surface area contributed by atoms with Crippen molar-refractivity contribution in [3.8, 4) is 0 Å². The second kappa shape index (κ2) is 8.10. The Morgan fingerprint density at radius 3 is 2.50 bits per heavy atom. The standard InChI is InChI=1S/C18H19NO5/c1-3-9-23-17(21)12-5-7-13(8-6-12)19-11-15-16(20)10-14(4-2)24-18(15)22/h5-8,10-11,19H,3-4,9H2,1-2H3. The third-order valence-corrected chi connectivity index (χ3v) is 3.29. The predicted molar refractivity (Wildman–Crippen MR) is 88.2 cm³/mol. The minimum atomic E-state index is -0.674. The van der Waals surface area contributed by atoms with Crippen molar-refractivity contribution in [2.45, 2.75) is 26.7 Å². The Kier molecular flexibility index (Phi) is 5.89. The molecule has 6 heteroatoms. The van der Waals surface area contributed by atoms with Crippen molar-refractivity contribution in [3.05, 3.63) is 53.4 Å². The Balaban J connectivity index is 2.04. The summed E-state index contributed by atoms with van der Waals surface area (Å²) in [7, 11) is 0. The number of hydrogen-bond donors (Lipinski definition) is 1. The summed E-state index contributed by atoms with van der Waals surface area (Å²) in [5, 5.41) is 2.85. The van der Waals surface area contributed by atoms with E-state index in [4.69, 9.17) is 9.47 Å². The van der Waals surface area contributed by atoms with E-state index in [0.717, 1.165) is 6.42 Å². The molecule has 0 saturated heterocycles. The van der Waals surface area contributed by atoms with Crippen molar-refractivity contribution >= 4 is 23.4 Å². The second-order valence-corrected chi connectivity index (χ2v) is 5.13. The van der Waals surface area contributed by atoms with Crippen molar-refractivity contribution in [1.29, 1.82) is 0 Å². The molecule has 0 radical (unpaired) electrons. The number of anilines is 1. The zero-order chi connectivity index (χ0) is 17.5. The Hall–Kier alpha value is -2.89. The maximum Gasteiger partial charge on any atom is 0.348 e. The van der Waals surface area contributed by atoms with Gasteiger partial charge in [-0.1, -0.05) is 13.8 Å². The van der Waals surface area contributed by atoms with Gasteiger partial charge in [-0.3, -0.25) is 4.79 Å². The fourth-order valence-corrected chi connectivity index (χ4v) is 1.97. The van der Waals surface area contributed by atoms with Gasteiger partial charge in [0, 0.05) is 24.4 Å². The van der Waals surface area contributed by atoms with E-state index < -0.39 is 11.8 Å². The minimum Gasteiger partial charge on any atom is -0.462 e. The fraction of sp³-hybridized carbons (Fsp3) is 0.278. The molecule has 6 nitrogen and oxygen atoms in total. The molecule has 0 atom stereocenters. The molecule has 2 rings (SSSR count). The molecule has 0 fully saturated rings. The van der Waals surface area contributed by atoms with Crippen LogP contribution >= 0.6 is 0 Å². The topological polar surface area (TPSA) is 81.7 Å². The van der Waals surface area contributed by atoms with Crippen molar-refractivity contribution in [1.82, 2.24) is 0 Å². The van der Waals surface area contributed by atoms with Gasteiger partial charge in [-0.05, 0) is 30.7 Å². The molecule has 0 amide bonds. The molecule has 1 N–H and O–H groups in total. The molecule has 24 heavy (non-hydrogen) atoms. The highest BCUT2D eigenvalue weighted by atomic mass is 16.5. The van der Waals surface area contributed by atoms with Crippen molar-refractivity contribution in [2.75, 3.05) is 11.9 Å². The van der Waals surface area contributed by atoms with Crippen LogP contribution in [-0.2, 0) is 19.1 Å². The summed E-state index contributed by atoms with van der Waals surface area (Å²) < 4.78 is 10.1. The first kappa shape index (κ1) is 17.5. The number of hydrogen-bond acceptors (Lipinski definition) is 6. The number of cyclic esters (lactones) is 1. The Bertz CT molecular complexity index is 701. The summed E-state index contributed by atoms with van der Waals surface area (Å²) in [4.78, 5) is 35.4. The van der Waals surface area contributed by atoms with E-state index in [9.17, 15) is 14.4 Å². The SMILES string of the molecule is CCCOC(=O)c1ccc(NC=C2C(=O)C=C(CC)OC2=O)cc1. The van der Waals surface area contributed by atoms with Crippen LogP contribution in [0.1, 0.15) is 37.0 Å². The van der Waals surface area contributed by atoms with Gasteiger partial charge in [-0.15, -0.1) is 0 Å². The monoisotopic (exact) mass is 329 g/mol. The summed E-state index contributed by atoms with van der Waals surface area (Å²) >= 11 is 0. The second-order valence-electron chi connectivity index (χ2n) is 5.13. The van der Waals surface area contributed by atoms with Crippen LogP contribution in [0.3, 0.4) is 0 Å². The highest BCUT2D eigenvalue weighted by molar-refractivity contribution is 6.23. The van der Waals surface area contributed by atoms with Gasteiger partial charge in [-0.2, -0.15) is 0 Å². The van der Waals surface area contributed by atoms with Crippen LogP contribution in [0.15, 0.2) is 47.9 Å². The maximum absolute atomic E-state index is 11.9. The van der Waals surface area contributed by atoms with Crippen LogP contribution in [0.25, 0.3) is 0 Å². The van der Waals surface area contributed by atoms with E-state index in [0.29, 0.717) is 30.0 Å². The highest BCUT2D eigenvalue weighted by Crippen LogP contribution is 2.17. The molecule has 0 aromatic heterocycles. The molecule has 126 valence electrons. The molecule has 0 spiro atoms. The van der Waals surface area contributed by atoms with Crippen LogP contribution in [0.2, 0.25) is 0 Å². The molecule has 1 aliphatic rings. The average Bonchev–Trinajstić information content (AvgIpc) is 2.59. The van der Waals surface area contributed by atoms with E-state index in [2.05, 4.69) is 5.32 Å². The first-order valence-corrected chi connectivity index (χ1v) is 7.76. The Morgan fingerprint density at radius 1 is 1.21 bits per heavy atom. The number of benzene rings is 1. The molecule has 1 aromatic rings. The largest absolute Gasteiger partial charge is 0.462 e. The maximum atomic E-state index is 11.9. The van der Waals surface area contributed by atoms with E-state index >= 15 is 0 Å². The van der Waals surface area contributed by atoms with Crippen molar-refractivity contribution < 1.29 is 23.9 Å². The van der Waals surface area contributed by atoms with Crippen LogP contribution < -0.4 is 5.32 Å². The number of esters is 2. The van der Waals surface area contributed by atoms with Crippen LogP contribution in [0.5, 0.6) is 0 Å². The van der Waals surface area contributed by atoms with Crippen molar-refractivity contribution in [2.24, 2.45) is 0 Å². The summed E-state index contributed by atoms with van der Waals surface area (Å²) in [5.41, 5.74) is 0.990. The molecular weight excluding hydrogens is 310 g/mol. The number of carbonyl (C=O) groups excluding carboxylic acids is 3. The summed E-state index contributed by atoms with van der Waals surface area (Å²) in [6, 6.07) is 6.53. The van der Waals surface area contributed by atoms with Crippen LogP contribution in [-0.4, -0.2) is 24.3 Å². The first-order valence-electron chi connectivity index (χ1n) is 7.76. The zero-order valence-corrected chi connectivity index (χ0v) is 13.6. The van der Waals surface area contributed by atoms with Gasteiger partial charge in [0.1, 0.15) is 11.3 Å². The highest BCUT2D eigenvalue weighted by Gasteiger charge is 2.25. The smallest absolute Gasteiger partial charge is 0.348 e. The number of ketones is 1. The molecule has 1 heterocycles. The molecule has 0 unspecified atom stereocenters. The molecule has 0 bridgehead atoms. The molecule has 1 aromatic carbocycles. The van der Waals surface area contributed by atoms with Gasteiger partial charge in [-0.25, -0.2) is 9.59 Å². The van der Waals surface area contributed by atoms with Gasteiger partial charge in [0.25, 0.3) is 0 Å². The van der Waals surface area contributed by atoms with Gasteiger partial charge in [0.15, 0.2) is 5.78 Å². The number of rotatable bonds is 6. The van der Waals surface area contributed by atoms with Gasteiger partial charge in [0.2, 0.25) is 0 Å². The lowest BCUT2D eigenvalue weighted by Gasteiger charge is -2.13. The number of nitrogens with one attached hydrogen (secondary N) is 1. The van der Waals surface area contributed by atoms with E-state index in [1.807, 2.05) is 6.92 Å². The lowest BCUT2D eigenvalue weighted by molar-refractivity contribution is -0.137. The van der Waals surface area contributed by atoms with Gasteiger partial charge >= 0.3 is 11.9 Å². The van der Waals surface area contributed by atoms with E-state index in [1.54, 1.807) is 31.2 Å². The Morgan fingerprint density at radius 2 is 1.92 bits per heavy atom. The number of allylic oxidation sites excluding steroid dienone is 2. The van der Waals surface area contributed by atoms with Gasteiger partial charge in [0.05, 0.1) is 12.2 Å². The lowest BCUT2D eigenvalue weighted by atomic mass is 10.1. The molecular formula is C18H19NO5. The Labute approximate surface area is 140 Å². The first-order chi connectivity index (χ1) is 11.5. The predicted octanol–water partition coefficient (Wildman–Crippen LogP) is 2.97. The fourth-order valence-electron chi connectivity index (χ4n) is 1.97. The van der Waals surface area contributed by atoms with Crippen LogP contribution in [0, 0.1) is 0 Å². The summed E-state index contributed by atoms with van der Waals surface area (Å²) in [6.07, 6.45) is 3.85. The molecule has 0 aliphatic carbocycles. The number of ether oxygens (including phenoxy) is 2. The number of carbonyl (C=O) groups is 3. The van der Waals surface area contributed by atoms with E-state index in [1.165, 1.54) is 12.3 Å². The molecule has 1 aliphatic heterocycles. The average molecular weight is 329 g/mol. The third kappa shape index (κ3) is 4.32. The van der Waals surface area contributed by atoms with Crippen molar-refractivity contribution in [3.63, 3.8) is 0 Å². The normalized spacial score (nSPS) is 15.8. The van der Waals surface area contributed by atoms with Crippen LogP contribution in [0.4, 0.5) is 5.69 Å². The zero-order valence-electron chi connectivity index (χ0n) is 13.6. The minimum absolute atomic E-state index is 0.0707. The summed E-state index contributed by atoms with van der Waals surface area (Å²) in [6.45, 7) is 4.10. The molecule has 0 saturated carbocycles. The van der Waals surface area contributed by atoms with Gasteiger partial charge < -0.3 is 14.8 Å². The third-order valence-electron chi connectivity index (χ3n) is 3.29. The van der Waals surface area contributed by atoms with E-state index in [-0.39, 0.29) is 11.5 Å². The summed E-state index contributed by atoms with van der Waals surface area (Å²) in [5.74, 6) is -1.09. The lowest BCUT2D eigenvalue weighted by Crippen LogP contribution is -2.21.